The number of hydrogen-bond donors (Lipinski definition) is 2. The highest BCUT2D eigenvalue weighted by Gasteiger charge is 2.07. The van der Waals surface area contributed by atoms with Crippen LogP contribution in [0.15, 0.2) is 85.1 Å². The van der Waals surface area contributed by atoms with E-state index in [9.17, 15) is 0 Å². The van der Waals surface area contributed by atoms with Crippen LogP contribution in [0.2, 0.25) is 0 Å². The number of nitrogens with zero attached hydrogens (tertiary/aromatic N) is 2. The van der Waals surface area contributed by atoms with Gasteiger partial charge in [-0.2, -0.15) is 4.98 Å². The fraction of sp³-hybridized carbons (Fsp3) is 0.0833. The highest BCUT2D eigenvalue weighted by atomic mass is 16.5. The number of aryl methyl sites for hydroxylation is 1. The van der Waals surface area contributed by atoms with Gasteiger partial charge in [0, 0.05) is 11.9 Å². The summed E-state index contributed by atoms with van der Waals surface area (Å²) < 4.78 is 11.2. The highest BCUT2D eigenvalue weighted by molar-refractivity contribution is 5.65. The van der Waals surface area contributed by atoms with Gasteiger partial charge in [0.05, 0.1) is 12.8 Å². The Morgan fingerprint density at radius 3 is 2.33 bits per heavy atom. The molecule has 4 rings (SSSR count). The molecule has 4 aromatic rings. The molecule has 6 nitrogen and oxygen atoms in total. The molecule has 0 aliphatic carbocycles. The van der Waals surface area contributed by atoms with E-state index in [-0.39, 0.29) is 0 Å². The molecule has 30 heavy (non-hydrogen) atoms. The van der Waals surface area contributed by atoms with Crippen molar-refractivity contribution in [3.05, 3.63) is 90.6 Å². The Kier molecular flexibility index (Phi) is 5.75. The third kappa shape index (κ3) is 4.86. The topological polar surface area (TPSA) is 68.3 Å². The summed E-state index contributed by atoms with van der Waals surface area (Å²) in [6.45, 7) is 2.02. The first-order valence-electron chi connectivity index (χ1n) is 9.54. The molecule has 0 spiro atoms. The summed E-state index contributed by atoms with van der Waals surface area (Å²) in [7, 11) is 1.64. The fourth-order valence-corrected chi connectivity index (χ4v) is 2.91. The minimum atomic E-state index is 0.480. The molecule has 0 aliphatic heterocycles. The van der Waals surface area contributed by atoms with Gasteiger partial charge in [0.1, 0.15) is 23.1 Å². The van der Waals surface area contributed by atoms with Crippen molar-refractivity contribution in [3.8, 4) is 17.2 Å². The Balaban J connectivity index is 1.45. The zero-order chi connectivity index (χ0) is 20.8. The van der Waals surface area contributed by atoms with Gasteiger partial charge in [0.2, 0.25) is 5.95 Å². The normalized spacial score (nSPS) is 10.3. The SMILES string of the molecule is COc1ccc(C)cc1Nc1nccc(Nc2ccc(Oc3ccccc3)cc2)n1. The standard InChI is InChI=1S/C24H22N4O2/c1-17-8-13-22(29-2)21(16-17)27-24-25-15-14-23(28-24)26-18-9-11-20(12-10-18)30-19-6-4-3-5-7-19/h3-16H,1-2H3,(H2,25,26,27,28). The number of nitrogens with one attached hydrogen (secondary N) is 2. The number of methoxy groups -OCH3 is 1. The highest BCUT2D eigenvalue weighted by Crippen LogP contribution is 2.28. The van der Waals surface area contributed by atoms with Crippen molar-refractivity contribution in [2.24, 2.45) is 0 Å². The van der Waals surface area contributed by atoms with Gasteiger partial charge in [-0.3, -0.25) is 0 Å². The maximum absolute atomic E-state index is 5.83. The molecule has 1 aromatic heterocycles. The molecule has 0 bridgehead atoms. The lowest BCUT2D eigenvalue weighted by molar-refractivity contribution is 0.416. The van der Waals surface area contributed by atoms with Crippen LogP contribution in [0.1, 0.15) is 5.56 Å². The summed E-state index contributed by atoms with van der Waals surface area (Å²) >= 11 is 0. The molecule has 0 radical (unpaired) electrons. The van der Waals surface area contributed by atoms with E-state index in [0.717, 1.165) is 34.2 Å². The molecule has 6 heteroatoms. The van der Waals surface area contributed by atoms with Crippen molar-refractivity contribution in [2.45, 2.75) is 6.92 Å². The summed E-state index contributed by atoms with van der Waals surface area (Å²) in [6.07, 6.45) is 1.70. The number of rotatable bonds is 7. The van der Waals surface area contributed by atoms with Gasteiger partial charge in [-0.15, -0.1) is 0 Å². The summed E-state index contributed by atoms with van der Waals surface area (Å²) in [5.74, 6) is 3.46. The van der Waals surface area contributed by atoms with Crippen molar-refractivity contribution in [1.29, 1.82) is 0 Å². The molecule has 0 saturated carbocycles. The number of ether oxygens (including phenoxy) is 2. The first-order chi connectivity index (χ1) is 14.7. The van der Waals surface area contributed by atoms with Crippen molar-refractivity contribution in [2.75, 3.05) is 17.7 Å². The third-order valence-electron chi connectivity index (χ3n) is 4.36. The van der Waals surface area contributed by atoms with E-state index in [1.54, 1.807) is 13.3 Å². The van der Waals surface area contributed by atoms with E-state index in [1.165, 1.54) is 0 Å². The van der Waals surface area contributed by atoms with Crippen LogP contribution in [-0.2, 0) is 0 Å². The lowest BCUT2D eigenvalue weighted by atomic mass is 10.2. The van der Waals surface area contributed by atoms with E-state index < -0.39 is 0 Å². The lowest BCUT2D eigenvalue weighted by Gasteiger charge is -2.12. The molecule has 150 valence electrons. The monoisotopic (exact) mass is 398 g/mol. The Hall–Kier alpha value is -4.06. The quantitative estimate of drug-likeness (QED) is 0.394. The van der Waals surface area contributed by atoms with Crippen LogP contribution in [0.3, 0.4) is 0 Å². The molecule has 0 amide bonds. The second-order valence-corrected chi connectivity index (χ2v) is 6.66. The third-order valence-corrected chi connectivity index (χ3v) is 4.36. The van der Waals surface area contributed by atoms with Gasteiger partial charge < -0.3 is 20.1 Å². The molecule has 0 fully saturated rings. The van der Waals surface area contributed by atoms with Gasteiger partial charge in [0.15, 0.2) is 0 Å². The Bertz CT molecular complexity index is 1120. The number of benzene rings is 3. The smallest absolute Gasteiger partial charge is 0.229 e. The molecular formula is C24H22N4O2. The van der Waals surface area contributed by atoms with Crippen molar-refractivity contribution in [3.63, 3.8) is 0 Å². The molecule has 0 saturated heterocycles. The van der Waals surface area contributed by atoms with Gasteiger partial charge in [-0.25, -0.2) is 4.98 Å². The maximum Gasteiger partial charge on any atom is 0.229 e. The summed E-state index contributed by atoms with van der Waals surface area (Å²) in [5.41, 5.74) is 2.83. The predicted molar refractivity (Wildman–Crippen MR) is 119 cm³/mol. The van der Waals surface area contributed by atoms with Crippen LogP contribution < -0.4 is 20.1 Å². The zero-order valence-corrected chi connectivity index (χ0v) is 16.8. The van der Waals surface area contributed by atoms with E-state index >= 15 is 0 Å². The second-order valence-electron chi connectivity index (χ2n) is 6.66. The molecule has 0 unspecified atom stereocenters. The van der Waals surface area contributed by atoms with E-state index in [4.69, 9.17) is 9.47 Å². The average molecular weight is 398 g/mol. The summed E-state index contributed by atoms with van der Waals surface area (Å²) in [4.78, 5) is 8.84. The predicted octanol–water partition coefficient (Wildman–Crippen LogP) is 6.07. The minimum absolute atomic E-state index is 0.480. The van der Waals surface area contributed by atoms with Gasteiger partial charge in [-0.1, -0.05) is 24.3 Å². The second kappa shape index (κ2) is 8.96. The Labute approximate surface area is 175 Å². The Morgan fingerprint density at radius 2 is 1.57 bits per heavy atom. The number of anilines is 4. The number of hydrogen-bond acceptors (Lipinski definition) is 6. The van der Waals surface area contributed by atoms with E-state index in [1.807, 2.05) is 85.8 Å². The fourth-order valence-electron chi connectivity index (χ4n) is 2.91. The first-order valence-corrected chi connectivity index (χ1v) is 9.54. The Morgan fingerprint density at radius 1 is 0.800 bits per heavy atom. The molecule has 2 N–H and O–H groups in total. The zero-order valence-electron chi connectivity index (χ0n) is 16.8. The average Bonchev–Trinajstić information content (AvgIpc) is 2.76. The molecule has 3 aromatic carbocycles. The maximum atomic E-state index is 5.83. The van der Waals surface area contributed by atoms with Crippen molar-refractivity contribution < 1.29 is 9.47 Å². The lowest BCUT2D eigenvalue weighted by Crippen LogP contribution is -2.02. The molecular weight excluding hydrogens is 376 g/mol. The van der Waals surface area contributed by atoms with Crippen LogP contribution in [0.5, 0.6) is 17.2 Å². The van der Waals surface area contributed by atoms with E-state index in [0.29, 0.717) is 11.8 Å². The number of aromatic nitrogens is 2. The van der Waals surface area contributed by atoms with Crippen LogP contribution in [-0.4, -0.2) is 17.1 Å². The van der Waals surface area contributed by atoms with Gasteiger partial charge >= 0.3 is 0 Å². The van der Waals surface area contributed by atoms with Crippen molar-refractivity contribution >= 4 is 23.1 Å². The largest absolute Gasteiger partial charge is 0.495 e. The van der Waals surface area contributed by atoms with Crippen LogP contribution in [0, 0.1) is 6.92 Å². The van der Waals surface area contributed by atoms with Crippen LogP contribution in [0.4, 0.5) is 23.1 Å². The van der Waals surface area contributed by atoms with Gasteiger partial charge in [0.25, 0.3) is 0 Å². The summed E-state index contributed by atoms with van der Waals surface area (Å²) in [6, 6.07) is 25.1. The van der Waals surface area contributed by atoms with Crippen molar-refractivity contribution in [1.82, 2.24) is 9.97 Å². The van der Waals surface area contributed by atoms with Crippen LogP contribution >= 0.6 is 0 Å². The summed E-state index contributed by atoms with van der Waals surface area (Å²) in [5, 5.41) is 6.50. The number of para-hydroxylation sites is 1. The molecule has 0 atom stereocenters. The van der Waals surface area contributed by atoms with E-state index in [2.05, 4.69) is 20.6 Å². The van der Waals surface area contributed by atoms with Crippen LogP contribution in [0.25, 0.3) is 0 Å². The minimum Gasteiger partial charge on any atom is -0.495 e. The molecule has 0 aliphatic rings. The molecule has 1 heterocycles. The first kappa shape index (κ1) is 19.3. The van der Waals surface area contributed by atoms with Gasteiger partial charge in [-0.05, 0) is 67.1 Å².